The fraction of sp³-hybridized carbons (Fsp3) is 0.462. The number of aliphatic hydroxyl groups excluding tert-OH is 1. The number of hydrogen-bond donors (Lipinski definition) is 1. The van der Waals surface area contributed by atoms with E-state index in [1.807, 2.05) is 29.3 Å². The molecule has 0 atom stereocenters. The zero-order valence-electron chi connectivity index (χ0n) is 18.4. The van der Waals surface area contributed by atoms with Crippen LogP contribution in [0.4, 0.5) is 0 Å². The summed E-state index contributed by atoms with van der Waals surface area (Å²) < 4.78 is 7.65. The molecular formula is C26H31N3O3. The second-order valence-electron chi connectivity index (χ2n) is 9.09. The Balaban J connectivity index is 1.29. The van der Waals surface area contributed by atoms with Crippen molar-refractivity contribution in [3.63, 3.8) is 0 Å². The predicted octanol–water partition coefficient (Wildman–Crippen LogP) is 3.98. The van der Waals surface area contributed by atoms with Gasteiger partial charge in [-0.3, -0.25) is 9.78 Å². The number of pyridine rings is 1. The number of ether oxygens (including phenoxy) is 1. The highest BCUT2D eigenvalue weighted by Crippen LogP contribution is 2.37. The fourth-order valence-electron chi connectivity index (χ4n) is 5.22. The number of aliphatic hydroxyl groups is 1. The summed E-state index contributed by atoms with van der Waals surface area (Å²) in [5.41, 5.74) is 4.92. The number of amides is 1. The number of aromatic nitrogens is 2. The molecule has 2 aliphatic rings. The normalized spacial score (nSPS) is 21.7. The molecule has 1 aliphatic carbocycles. The molecule has 1 saturated carbocycles. The number of benzene rings is 1. The van der Waals surface area contributed by atoms with Crippen LogP contribution < -0.4 is 0 Å². The summed E-state index contributed by atoms with van der Waals surface area (Å²) in [6.07, 6.45) is 8.52. The zero-order valence-corrected chi connectivity index (χ0v) is 18.4. The van der Waals surface area contributed by atoms with Crippen molar-refractivity contribution in [1.29, 1.82) is 0 Å². The van der Waals surface area contributed by atoms with Crippen LogP contribution in [0, 0.1) is 5.92 Å². The van der Waals surface area contributed by atoms with Crippen LogP contribution in [0.3, 0.4) is 0 Å². The molecule has 0 bridgehead atoms. The minimum atomic E-state index is 0.0609. The molecule has 2 aromatic heterocycles. The molecule has 3 aromatic rings. The number of rotatable bonds is 5. The minimum absolute atomic E-state index is 0.0609. The maximum absolute atomic E-state index is 13.2. The fourth-order valence-corrected chi connectivity index (χ4v) is 5.22. The first kappa shape index (κ1) is 21.2. The summed E-state index contributed by atoms with van der Waals surface area (Å²) in [5, 5.41) is 9.26. The van der Waals surface area contributed by atoms with Gasteiger partial charge in [0.1, 0.15) is 5.52 Å². The van der Waals surface area contributed by atoms with Gasteiger partial charge in [-0.25, -0.2) is 0 Å². The lowest BCUT2D eigenvalue weighted by Crippen LogP contribution is -2.40. The van der Waals surface area contributed by atoms with Crippen LogP contribution in [0.25, 0.3) is 11.0 Å². The van der Waals surface area contributed by atoms with Gasteiger partial charge in [-0.15, -0.1) is 0 Å². The maximum atomic E-state index is 13.2. The van der Waals surface area contributed by atoms with Crippen LogP contribution in [-0.2, 0) is 17.9 Å². The number of hydrogen-bond acceptors (Lipinski definition) is 4. The van der Waals surface area contributed by atoms with E-state index in [0.717, 1.165) is 23.1 Å². The van der Waals surface area contributed by atoms with E-state index in [1.165, 1.54) is 31.2 Å². The Morgan fingerprint density at radius 2 is 1.81 bits per heavy atom. The van der Waals surface area contributed by atoms with Crippen molar-refractivity contribution >= 4 is 16.9 Å². The third-order valence-corrected chi connectivity index (χ3v) is 7.10. The Morgan fingerprint density at radius 3 is 2.53 bits per heavy atom. The number of carbonyl (C=O) groups is 1. The van der Waals surface area contributed by atoms with Crippen LogP contribution in [0.5, 0.6) is 0 Å². The van der Waals surface area contributed by atoms with Crippen molar-refractivity contribution in [1.82, 2.24) is 14.5 Å². The summed E-state index contributed by atoms with van der Waals surface area (Å²) >= 11 is 0. The Labute approximate surface area is 188 Å². The molecule has 1 saturated heterocycles. The van der Waals surface area contributed by atoms with Gasteiger partial charge in [0.2, 0.25) is 0 Å². The molecule has 6 nitrogen and oxygen atoms in total. The standard InChI is InChI=1S/C26H31N3O3/c30-18-20-5-9-22(10-6-20)21-7-3-19(4-8-21)16-29-17-23(25-24(29)2-1-11-27-25)26(31)28-12-14-32-15-13-28/h1-2,5-6,9-11,17,19,21,30H,3-4,7-8,12-16,18H2. The molecule has 3 heterocycles. The molecule has 1 aliphatic heterocycles. The topological polar surface area (TPSA) is 67.6 Å². The first-order valence-corrected chi connectivity index (χ1v) is 11.7. The highest BCUT2D eigenvalue weighted by Gasteiger charge is 2.26. The van der Waals surface area contributed by atoms with Crippen LogP contribution in [0.15, 0.2) is 48.8 Å². The van der Waals surface area contributed by atoms with Gasteiger partial charge in [-0.05, 0) is 60.8 Å². The molecule has 0 unspecified atom stereocenters. The molecule has 2 fully saturated rings. The quantitative estimate of drug-likeness (QED) is 0.661. The van der Waals surface area contributed by atoms with Crippen LogP contribution in [-0.4, -0.2) is 51.8 Å². The first-order chi connectivity index (χ1) is 15.7. The monoisotopic (exact) mass is 433 g/mol. The lowest BCUT2D eigenvalue weighted by molar-refractivity contribution is 0.0304. The molecule has 1 aromatic carbocycles. The van der Waals surface area contributed by atoms with Crippen molar-refractivity contribution in [3.8, 4) is 0 Å². The largest absolute Gasteiger partial charge is 0.392 e. The van der Waals surface area contributed by atoms with Gasteiger partial charge < -0.3 is 19.3 Å². The average Bonchev–Trinajstić information content (AvgIpc) is 3.23. The summed E-state index contributed by atoms with van der Waals surface area (Å²) in [4.78, 5) is 19.6. The van der Waals surface area contributed by atoms with Gasteiger partial charge >= 0.3 is 0 Å². The zero-order chi connectivity index (χ0) is 21.9. The highest BCUT2D eigenvalue weighted by molar-refractivity contribution is 6.05. The molecule has 168 valence electrons. The first-order valence-electron chi connectivity index (χ1n) is 11.7. The molecule has 0 spiro atoms. The molecule has 5 rings (SSSR count). The Morgan fingerprint density at radius 1 is 1.06 bits per heavy atom. The van der Waals surface area contributed by atoms with Crippen molar-refractivity contribution in [3.05, 3.63) is 65.5 Å². The van der Waals surface area contributed by atoms with Crippen molar-refractivity contribution in [2.24, 2.45) is 5.92 Å². The third-order valence-electron chi connectivity index (χ3n) is 7.10. The SMILES string of the molecule is O=C(c1cn(CC2CCC(c3ccc(CO)cc3)CC2)c2cccnc12)N1CCOCC1. The third kappa shape index (κ3) is 4.30. The number of carbonyl (C=O) groups excluding carboxylic acids is 1. The molecule has 1 N–H and O–H groups in total. The lowest BCUT2D eigenvalue weighted by Gasteiger charge is -2.29. The van der Waals surface area contributed by atoms with E-state index < -0.39 is 0 Å². The molecular weight excluding hydrogens is 402 g/mol. The van der Waals surface area contributed by atoms with E-state index in [0.29, 0.717) is 43.7 Å². The lowest BCUT2D eigenvalue weighted by atomic mass is 9.78. The Bertz CT molecular complexity index is 1060. The molecule has 6 heteroatoms. The van der Waals surface area contributed by atoms with Gasteiger partial charge in [-0.1, -0.05) is 24.3 Å². The summed E-state index contributed by atoms with van der Waals surface area (Å²) in [6, 6.07) is 12.4. The van der Waals surface area contributed by atoms with E-state index in [9.17, 15) is 9.90 Å². The average molecular weight is 434 g/mol. The van der Waals surface area contributed by atoms with Crippen molar-refractivity contribution in [2.75, 3.05) is 26.3 Å². The van der Waals surface area contributed by atoms with E-state index in [4.69, 9.17) is 4.74 Å². The summed E-state index contributed by atoms with van der Waals surface area (Å²) in [5.74, 6) is 1.26. The highest BCUT2D eigenvalue weighted by atomic mass is 16.5. The van der Waals surface area contributed by atoms with Crippen molar-refractivity contribution in [2.45, 2.75) is 44.8 Å². The van der Waals surface area contributed by atoms with E-state index >= 15 is 0 Å². The van der Waals surface area contributed by atoms with E-state index in [1.54, 1.807) is 6.20 Å². The Hall–Kier alpha value is -2.70. The molecule has 0 radical (unpaired) electrons. The minimum Gasteiger partial charge on any atom is -0.392 e. The molecule has 32 heavy (non-hydrogen) atoms. The summed E-state index contributed by atoms with van der Waals surface area (Å²) in [7, 11) is 0. The molecule has 1 amide bonds. The van der Waals surface area contributed by atoms with Gasteiger partial charge in [0.25, 0.3) is 5.91 Å². The van der Waals surface area contributed by atoms with Gasteiger partial charge in [0.05, 0.1) is 30.9 Å². The van der Waals surface area contributed by atoms with Crippen LogP contribution in [0.1, 0.15) is 53.1 Å². The van der Waals surface area contributed by atoms with Crippen LogP contribution >= 0.6 is 0 Å². The van der Waals surface area contributed by atoms with Gasteiger partial charge in [0, 0.05) is 32.0 Å². The maximum Gasteiger partial charge on any atom is 0.257 e. The van der Waals surface area contributed by atoms with Crippen molar-refractivity contribution < 1.29 is 14.6 Å². The second-order valence-corrected chi connectivity index (χ2v) is 9.09. The second kappa shape index (κ2) is 9.43. The van der Waals surface area contributed by atoms with E-state index in [2.05, 4.69) is 27.8 Å². The number of fused-ring (bicyclic) bond motifs is 1. The van der Waals surface area contributed by atoms with Crippen LogP contribution in [0.2, 0.25) is 0 Å². The van der Waals surface area contributed by atoms with E-state index in [-0.39, 0.29) is 12.5 Å². The predicted molar refractivity (Wildman–Crippen MR) is 124 cm³/mol. The smallest absolute Gasteiger partial charge is 0.257 e. The van der Waals surface area contributed by atoms with Gasteiger partial charge in [0.15, 0.2) is 0 Å². The number of nitrogens with zero attached hydrogens (tertiary/aromatic N) is 3. The Kier molecular flexibility index (Phi) is 6.23. The van der Waals surface area contributed by atoms with Gasteiger partial charge in [-0.2, -0.15) is 0 Å². The summed E-state index contributed by atoms with van der Waals surface area (Å²) in [6.45, 7) is 3.51. The number of morpholine rings is 1.